The number of benzene rings is 1. The van der Waals surface area contributed by atoms with Crippen LogP contribution < -0.4 is 11.1 Å². The lowest BCUT2D eigenvalue weighted by molar-refractivity contribution is -0.160. The molecule has 0 saturated carbocycles. The van der Waals surface area contributed by atoms with Gasteiger partial charge in [-0.3, -0.25) is 4.79 Å². The maximum atomic E-state index is 12.0. The molecule has 0 spiro atoms. The summed E-state index contributed by atoms with van der Waals surface area (Å²) in [6, 6.07) is 7.16. The summed E-state index contributed by atoms with van der Waals surface area (Å²) in [6.45, 7) is 1.86. The van der Waals surface area contributed by atoms with Crippen LogP contribution in [-0.4, -0.2) is 47.4 Å². The van der Waals surface area contributed by atoms with Gasteiger partial charge in [0.25, 0.3) is 0 Å². The van der Waals surface area contributed by atoms with Gasteiger partial charge in [0.1, 0.15) is 12.5 Å². The molecule has 0 aliphatic heterocycles. The van der Waals surface area contributed by atoms with Crippen molar-refractivity contribution in [3.63, 3.8) is 0 Å². The standard InChI is InChI=1S/C19H21N5O6/c1-2-3-8-28-19(27)22-14(11-21)18(26)30-16(25)9-15-23-24-17(29-15)13-6-4-12(10-20)5-7-13/h4-7,14H,2-3,8-9,11,21H2,1H3,(H,22,27). The van der Waals surface area contributed by atoms with Crippen LogP contribution in [0.5, 0.6) is 0 Å². The third-order valence-electron chi connectivity index (χ3n) is 3.78. The molecule has 158 valence electrons. The van der Waals surface area contributed by atoms with Crippen molar-refractivity contribution in [2.75, 3.05) is 13.2 Å². The summed E-state index contributed by atoms with van der Waals surface area (Å²) >= 11 is 0. The summed E-state index contributed by atoms with van der Waals surface area (Å²) in [7, 11) is 0. The van der Waals surface area contributed by atoms with E-state index in [1.54, 1.807) is 24.3 Å². The summed E-state index contributed by atoms with van der Waals surface area (Å²) in [5, 5.41) is 18.6. The van der Waals surface area contributed by atoms with Crippen LogP contribution in [0.3, 0.4) is 0 Å². The molecule has 11 heteroatoms. The molecule has 1 amide bonds. The Balaban J connectivity index is 1.88. The zero-order chi connectivity index (χ0) is 21.9. The van der Waals surface area contributed by atoms with Gasteiger partial charge >= 0.3 is 18.0 Å². The second kappa shape index (κ2) is 11.3. The maximum Gasteiger partial charge on any atom is 0.407 e. The fourth-order valence-corrected chi connectivity index (χ4v) is 2.18. The van der Waals surface area contributed by atoms with Crippen LogP contribution in [0.15, 0.2) is 28.7 Å². The SMILES string of the molecule is CCCCOC(=O)NC(CN)C(=O)OC(=O)Cc1nnc(-c2ccc(C#N)cc2)o1. The predicted octanol–water partition coefficient (Wildman–Crippen LogP) is 1.07. The number of carbonyl (C=O) groups excluding carboxylic acids is 3. The first kappa shape index (κ1) is 22.5. The summed E-state index contributed by atoms with van der Waals surface area (Å²) in [6.07, 6.45) is 0.241. The molecule has 0 fully saturated rings. The minimum atomic E-state index is -1.24. The summed E-state index contributed by atoms with van der Waals surface area (Å²) in [5.74, 6) is -1.90. The van der Waals surface area contributed by atoms with Crippen molar-refractivity contribution >= 4 is 18.0 Å². The van der Waals surface area contributed by atoms with E-state index >= 15 is 0 Å². The zero-order valence-corrected chi connectivity index (χ0v) is 16.3. The zero-order valence-electron chi connectivity index (χ0n) is 16.3. The average Bonchev–Trinajstić information content (AvgIpc) is 3.20. The third kappa shape index (κ3) is 6.68. The number of nitriles is 1. The van der Waals surface area contributed by atoms with Crippen molar-refractivity contribution in [3.05, 3.63) is 35.7 Å². The fourth-order valence-electron chi connectivity index (χ4n) is 2.18. The molecular weight excluding hydrogens is 394 g/mol. The van der Waals surface area contributed by atoms with Crippen molar-refractivity contribution in [1.82, 2.24) is 15.5 Å². The Labute approximate surface area is 172 Å². The number of nitrogens with zero attached hydrogens (tertiary/aromatic N) is 3. The second-order valence-electron chi connectivity index (χ2n) is 6.08. The number of hydrogen-bond donors (Lipinski definition) is 2. The molecule has 1 heterocycles. The molecule has 3 N–H and O–H groups in total. The predicted molar refractivity (Wildman–Crippen MR) is 101 cm³/mol. The van der Waals surface area contributed by atoms with Gasteiger partial charge in [0.05, 0.1) is 18.2 Å². The Morgan fingerprint density at radius 2 is 2.00 bits per heavy atom. The number of nitrogens with one attached hydrogen (secondary N) is 1. The molecule has 1 unspecified atom stereocenters. The number of alkyl carbamates (subject to hydrolysis) is 1. The van der Waals surface area contributed by atoms with Crippen LogP contribution in [0.2, 0.25) is 0 Å². The first-order valence-corrected chi connectivity index (χ1v) is 9.17. The van der Waals surface area contributed by atoms with Gasteiger partial charge < -0.3 is 24.9 Å². The molecule has 30 heavy (non-hydrogen) atoms. The van der Waals surface area contributed by atoms with Gasteiger partial charge in [-0.25, -0.2) is 9.59 Å². The summed E-state index contributed by atoms with van der Waals surface area (Å²) < 4.78 is 14.9. The molecule has 1 aromatic carbocycles. The minimum Gasteiger partial charge on any atom is -0.450 e. The second-order valence-corrected chi connectivity index (χ2v) is 6.08. The molecule has 0 saturated heterocycles. The largest absolute Gasteiger partial charge is 0.450 e. The lowest BCUT2D eigenvalue weighted by Crippen LogP contribution is -2.47. The number of aromatic nitrogens is 2. The maximum absolute atomic E-state index is 12.0. The van der Waals surface area contributed by atoms with Crippen LogP contribution in [0.4, 0.5) is 4.79 Å². The molecule has 0 aliphatic carbocycles. The highest BCUT2D eigenvalue weighted by atomic mass is 16.6. The van der Waals surface area contributed by atoms with Crippen LogP contribution in [0.25, 0.3) is 11.5 Å². The Hall–Kier alpha value is -3.78. The van der Waals surface area contributed by atoms with E-state index < -0.39 is 30.5 Å². The molecule has 1 aromatic heterocycles. The highest BCUT2D eigenvalue weighted by Gasteiger charge is 2.25. The van der Waals surface area contributed by atoms with Crippen LogP contribution in [0, 0.1) is 11.3 Å². The van der Waals surface area contributed by atoms with Gasteiger partial charge in [0.15, 0.2) is 0 Å². The number of amides is 1. The highest BCUT2D eigenvalue weighted by molar-refractivity contribution is 5.90. The molecular formula is C19H21N5O6. The van der Waals surface area contributed by atoms with Crippen LogP contribution in [-0.2, 0) is 25.5 Å². The number of rotatable bonds is 9. The minimum absolute atomic E-state index is 0.0663. The molecule has 2 rings (SSSR count). The average molecular weight is 415 g/mol. The van der Waals surface area contributed by atoms with E-state index in [4.69, 9.17) is 20.1 Å². The van der Waals surface area contributed by atoms with E-state index in [9.17, 15) is 14.4 Å². The number of hydrogen-bond acceptors (Lipinski definition) is 10. The van der Waals surface area contributed by atoms with Crippen LogP contribution >= 0.6 is 0 Å². The van der Waals surface area contributed by atoms with Gasteiger partial charge in [-0.05, 0) is 30.7 Å². The molecule has 2 aromatic rings. The van der Waals surface area contributed by atoms with E-state index in [1.807, 2.05) is 13.0 Å². The smallest absolute Gasteiger partial charge is 0.407 e. The number of ether oxygens (including phenoxy) is 2. The Morgan fingerprint density at radius 1 is 1.27 bits per heavy atom. The molecule has 11 nitrogen and oxygen atoms in total. The Morgan fingerprint density at radius 3 is 2.63 bits per heavy atom. The number of carbonyl (C=O) groups is 3. The molecule has 0 aliphatic rings. The third-order valence-corrected chi connectivity index (χ3v) is 3.78. The quantitative estimate of drug-likeness (QED) is 0.343. The number of unbranched alkanes of at least 4 members (excludes halogenated alkanes) is 1. The van der Waals surface area contributed by atoms with E-state index in [0.29, 0.717) is 17.5 Å². The number of nitrogens with two attached hydrogens (primary N) is 1. The van der Waals surface area contributed by atoms with E-state index in [2.05, 4.69) is 20.3 Å². The highest BCUT2D eigenvalue weighted by Crippen LogP contribution is 2.18. The van der Waals surface area contributed by atoms with Gasteiger partial charge in [-0.15, -0.1) is 10.2 Å². The molecule has 1 atom stereocenters. The Kier molecular flexibility index (Phi) is 8.46. The van der Waals surface area contributed by atoms with Crippen molar-refractivity contribution in [2.24, 2.45) is 5.73 Å². The van der Waals surface area contributed by atoms with Gasteiger partial charge in [0, 0.05) is 12.1 Å². The summed E-state index contributed by atoms with van der Waals surface area (Å²) in [5.41, 5.74) is 6.48. The van der Waals surface area contributed by atoms with Gasteiger partial charge in [-0.1, -0.05) is 13.3 Å². The van der Waals surface area contributed by atoms with Gasteiger partial charge in [-0.2, -0.15) is 5.26 Å². The topological polar surface area (TPSA) is 170 Å². The lowest BCUT2D eigenvalue weighted by atomic mass is 10.1. The summed E-state index contributed by atoms with van der Waals surface area (Å²) in [4.78, 5) is 35.6. The van der Waals surface area contributed by atoms with Crippen molar-refractivity contribution in [2.45, 2.75) is 32.2 Å². The Bertz CT molecular complexity index is 918. The van der Waals surface area contributed by atoms with Crippen LogP contribution in [0.1, 0.15) is 31.2 Å². The van der Waals surface area contributed by atoms with Crippen molar-refractivity contribution in [1.29, 1.82) is 5.26 Å². The molecule has 0 radical (unpaired) electrons. The van der Waals surface area contributed by atoms with E-state index in [1.165, 1.54) is 0 Å². The fraction of sp³-hybridized carbons (Fsp3) is 0.368. The first-order valence-electron chi connectivity index (χ1n) is 9.17. The first-order chi connectivity index (χ1) is 14.5. The number of esters is 2. The molecule has 0 bridgehead atoms. The van der Waals surface area contributed by atoms with Crippen molar-refractivity contribution < 1.29 is 28.3 Å². The van der Waals surface area contributed by atoms with Crippen molar-refractivity contribution in [3.8, 4) is 17.5 Å². The van der Waals surface area contributed by atoms with E-state index in [-0.39, 0.29) is 24.9 Å². The van der Waals surface area contributed by atoms with Gasteiger partial charge in [0.2, 0.25) is 11.8 Å². The van der Waals surface area contributed by atoms with E-state index in [0.717, 1.165) is 6.42 Å². The normalized spacial score (nSPS) is 11.2. The monoisotopic (exact) mass is 415 g/mol. The lowest BCUT2D eigenvalue weighted by Gasteiger charge is -2.14.